The highest BCUT2D eigenvalue weighted by molar-refractivity contribution is 6.35. The Balaban J connectivity index is 1.60. The van der Waals surface area contributed by atoms with Crippen LogP contribution in [0.3, 0.4) is 0 Å². The number of aromatic nitrogens is 2. The van der Waals surface area contributed by atoms with Gasteiger partial charge in [-0.05, 0) is 71.0 Å². The highest BCUT2D eigenvalue weighted by Gasteiger charge is 2.12. The smallest absolute Gasteiger partial charge is 0.0891 e. The summed E-state index contributed by atoms with van der Waals surface area (Å²) in [5, 5.41) is 4.38. The van der Waals surface area contributed by atoms with Crippen molar-refractivity contribution < 1.29 is 0 Å². The molecule has 0 bridgehead atoms. The van der Waals surface area contributed by atoms with E-state index in [4.69, 9.17) is 11.6 Å². The summed E-state index contributed by atoms with van der Waals surface area (Å²) in [5.41, 5.74) is 4.88. The SMILES string of the molecule is CC(C)c1cc(Cl)c2nccc(CCC(C)c3ccc4cnccc4c3)c2c1. The normalized spacial score (nSPS) is 12.8. The standard InChI is InChI=1S/C25H25ClN2/c1-16(2)22-13-23-18(9-11-28-25(23)24(26)14-22)5-4-17(3)19-6-7-21-15-27-10-8-20(21)12-19/h6-17H,4-5H2,1-3H3. The third-order valence-corrected chi connectivity index (χ3v) is 5.95. The first kappa shape index (κ1) is 18.9. The quantitative estimate of drug-likeness (QED) is 0.358. The van der Waals surface area contributed by atoms with Crippen LogP contribution in [0.1, 0.15) is 55.7 Å². The maximum Gasteiger partial charge on any atom is 0.0891 e. The van der Waals surface area contributed by atoms with Crippen LogP contribution in [0.5, 0.6) is 0 Å². The molecular formula is C25H25ClN2. The highest BCUT2D eigenvalue weighted by atomic mass is 35.5. The van der Waals surface area contributed by atoms with Crippen LogP contribution in [-0.2, 0) is 6.42 Å². The Labute approximate surface area is 171 Å². The van der Waals surface area contributed by atoms with Crippen LogP contribution in [0.25, 0.3) is 21.7 Å². The van der Waals surface area contributed by atoms with Crippen molar-refractivity contribution in [2.45, 2.75) is 45.4 Å². The van der Waals surface area contributed by atoms with Crippen LogP contribution < -0.4 is 0 Å². The molecule has 28 heavy (non-hydrogen) atoms. The van der Waals surface area contributed by atoms with Crippen molar-refractivity contribution in [2.24, 2.45) is 0 Å². The lowest BCUT2D eigenvalue weighted by Gasteiger charge is -2.15. The van der Waals surface area contributed by atoms with Gasteiger partial charge in [-0.25, -0.2) is 0 Å². The fraction of sp³-hybridized carbons (Fsp3) is 0.280. The fourth-order valence-corrected chi connectivity index (χ4v) is 4.06. The lowest BCUT2D eigenvalue weighted by atomic mass is 9.91. The van der Waals surface area contributed by atoms with E-state index in [1.54, 1.807) is 0 Å². The van der Waals surface area contributed by atoms with Gasteiger partial charge in [0.25, 0.3) is 0 Å². The molecule has 2 heterocycles. The van der Waals surface area contributed by atoms with Crippen molar-refractivity contribution in [3.8, 4) is 0 Å². The Morgan fingerprint density at radius 1 is 0.893 bits per heavy atom. The lowest BCUT2D eigenvalue weighted by molar-refractivity contribution is 0.682. The number of benzene rings is 2. The van der Waals surface area contributed by atoms with E-state index in [9.17, 15) is 0 Å². The maximum atomic E-state index is 6.52. The Bertz CT molecular complexity index is 1130. The summed E-state index contributed by atoms with van der Waals surface area (Å²) in [5.74, 6) is 0.922. The van der Waals surface area contributed by atoms with Gasteiger partial charge in [0.2, 0.25) is 0 Å². The number of fused-ring (bicyclic) bond motifs is 2. The van der Waals surface area contributed by atoms with E-state index in [2.05, 4.69) is 73.2 Å². The van der Waals surface area contributed by atoms with Gasteiger partial charge in [-0.3, -0.25) is 9.97 Å². The van der Waals surface area contributed by atoms with Crippen molar-refractivity contribution >= 4 is 33.3 Å². The molecule has 0 N–H and O–H groups in total. The Morgan fingerprint density at radius 2 is 1.75 bits per heavy atom. The average molecular weight is 389 g/mol. The molecule has 2 aromatic heterocycles. The molecule has 1 atom stereocenters. The summed E-state index contributed by atoms with van der Waals surface area (Å²) in [4.78, 5) is 8.73. The van der Waals surface area contributed by atoms with Gasteiger partial charge in [-0.15, -0.1) is 0 Å². The van der Waals surface area contributed by atoms with Crippen molar-refractivity contribution in [3.63, 3.8) is 0 Å². The van der Waals surface area contributed by atoms with Crippen molar-refractivity contribution in [3.05, 3.63) is 82.8 Å². The highest BCUT2D eigenvalue weighted by Crippen LogP contribution is 2.31. The number of pyridine rings is 2. The topological polar surface area (TPSA) is 25.8 Å². The zero-order chi connectivity index (χ0) is 19.7. The largest absolute Gasteiger partial charge is 0.264 e. The third-order valence-electron chi connectivity index (χ3n) is 5.66. The number of rotatable bonds is 5. The predicted molar refractivity (Wildman–Crippen MR) is 119 cm³/mol. The second-order valence-corrected chi connectivity index (χ2v) is 8.35. The zero-order valence-electron chi connectivity index (χ0n) is 16.6. The van der Waals surface area contributed by atoms with E-state index < -0.39 is 0 Å². The van der Waals surface area contributed by atoms with Gasteiger partial charge in [0.15, 0.2) is 0 Å². The van der Waals surface area contributed by atoms with E-state index in [0.717, 1.165) is 23.4 Å². The Kier molecular flexibility index (Phi) is 5.32. The van der Waals surface area contributed by atoms with Gasteiger partial charge >= 0.3 is 0 Å². The summed E-state index contributed by atoms with van der Waals surface area (Å²) in [6.07, 6.45) is 7.75. The summed E-state index contributed by atoms with van der Waals surface area (Å²) in [7, 11) is 0. The first-order valence-electron chi connectivity index (χ1n) is 9.93. The molecule has 0 saturated heterocycles. The summed E-state index contributed by atoms with van der Waals surface area (Å²) < 4.78 is 0. The monoisotopic (exact) mass is 388 g/mol. The van der Waals surface area contributed by atoms with E-state index in [1.807, 2.05) is 18.6 Å². The molecule has 1 unspecified atom stereocenters. The maximum absolute atomic E-state index is 6.52. The van der Waals surface area contributed by atoms with Crippen LogP contribution in [0.4, 0.5) is 0 Å². The second kappa shape index (κ2) is 7.89. The predicted octanol–water partition coefficient (Wildman–Crippen LogP) is 7.30. The van der Waals surface area contributed by atoms with E-state index >= 15 is 0 Å². The molecule has 0 aliphatic carbocycles. The average Bonchev–Trinajstić information content (AvgIpc) is 2.71. The molecule has 0 radical (unpaired) electrons. The molecule has 4 rings (SSSR count). The number of nitrogens with zero attached hydrogens (tertiary/aromatic N) is 2. The molecule has 2 nitrogen and oxygen atoms in total. The van der Waals surface area contributed by atoms with Gasteiger partial charge in [0, 0.05) is 29.4 Å². The summed E-state index contributed by atoms with van der Waals surface area (Å²) >= 11 is 6.52. The number of hydrogen-bond donors (Lipinski definition) is 0. The first-order chi connectivity index (χ1) is 13.5. The fourth-order valence-electron chi connectivity index (χ4n) is 3.79. The molecule has 0 saturated carbocycles. The van der Waals surface area contributed by atoms with Gasteiger partial charge in [-0.1, -0.05) is 50.6 Å². The number of halogens is 1. The van der Waals surface area contributed by atoms with Crippen molar-refractivity contribution in [1.29, 1.82) is 0 Å². The molecule has 0 spiro atoms. The second-order valence-electron chi connectivity index (χ2n) is 7.95. The molecule has 3 heteroatoms. The first-order valence-corrected chi connectivity index (χ1v) is 10.3. The number of aryl methyl sites for hydroxylation is 1. The van der Waals surface area contributed by atoms with Gasteiger partial charge in [0.1, 0.15) is 0 Å². The molecule has 142 valence electrons. The van der Waals surface area contributed by atoms with Crippen LogP contribution in [-0.4, -0.2) is 9.97 Å². The van der Waals surface area contributed by atoms with Crippen molar-refractivity contribution in [1.82, 2.24) is 9.97 Å². The van der Waals surface area contributed by atoms with Gasteiger partial charge in [0.05, 0.1) is 10.5 Å². The molecular weight excluding hydrogens is 364 g/mol. The van der Waals surface area contributed by atoms with E-state index in [-0.39, 0.29) is 0 Å². The van der Waals surface area contributed by atoms with Crippen LogP contribution in [0, 0.1) is 0 Å². The third kappa shape index (κ3) is 3.74. The molecule has 0 amide bonds. The Hall–Kier alpha value is -2.45. The minimum absolute atomic E-state index is 0.445. The van der Waals surface area contributed by atoms with E-state index in [0.29, 0.717) is 11.8 Å². The van der Waals surface area contributed by atoms with Crippen LogP contribution in [0.2, 0.25) is 5.02 Å². The van der Waals surface area contributed by atoms with E-state index in [1.165, 1.54) is 32.8 Å². The van der Waals surface area contributed by atoms with Gasteiger partial charge in [-0.2, -0.15) is 0 Å². The molecule has 2 aromatic carbocycles. The minimum atomic E-state index is 0.445. The minimum Gasteiger partial charge on any atom is -0.264 e. The zero-order valence-corrected chi connectivity index (χ0v) is 17.4. The lowest BCUT2D eigenvalue weighted by Crippen LogP contribution is -1.99. The van der Waals surface area contributed by atoms with Gasteiger partial charge < -0.3 is 0 Å². The molecule has 0 aliphatic heterocycles. The molecule has 0 fully saturated rings. The van der Waals surface area contributed by atoms with Crippen molar-refractivity contribution in [2.75, 3.05) is 0 Å². The molecule has 0 aliphatic rings. The summed E-state index contributed by atoms with van der Waals surface area (Å²) in [6, 6.07) is 15.2. The summed E-state index contributed by atoms with van der Waals surface area (Å²) in [6.45, 7) is 6.70. The van der Waals surface area contributed by atoms with Crippen LogP contribution >= 0.6 is 11.6 Å². The Morgan fingerprint density at radius 3 is 2.57 bits per heavy atom. The molecule has 4 aromatic rings. The van der Waals surface area contributed by atoms with Crippen LogP contribution in [0.15, 0.2) is 61.1 Å². The number of hydrogen-bond acceptors (Lipinski definition) is 2.